The first-order valence-corrected chi connectivity index (χ1v) is 10.6. The maximum atomic E-state index is 12.9. The smallest absolute Gasteiger partial charge is 0.263 e. The number of nitrogens with one attached hydrogen (secondary N) is 1. The van der Waals surface area contributed by atoms with E-state index in [0.717, 1.165) is 23.1 Å². The number of nitrogens with zero attached hydrogens (tertiary/aromatic N) is 2. The van der Waals surface area contributed by atoms with Crippen molar-refractivity contribution in [3.05, 3.63) is 76.2 Å². The summed E-state index contributed by atoms with van der Waals surface area (Å²) in [5.41, 5.74) is 16.7. The fourth-order valence-corrected chi connectivity index (χ4v) is 4.53. The van der Waals surface area contributed by atoms with Crippen LogP contribution in [-0.4, -0.2) is 17.4 Å². The quantitative estimate of drug-likeness (QED) is 0.439. The minimum Gasteiger partial charge on any atom is -0.397 e. The van der Waals surface area contributed by atoms with E-state index in [1.54, 1.807) is 0 Å². The molecule has 0 spiro atoms. The van der Waals surface area contributed by atoms with Crippen molar-refractivity contribution in [3.8, 4) is 17.2 Å². The van der Waals surface area contributed by atoms with Gasteiger partial charge in [-0.3, -0.25) is 4.79 Å². The minimum atomic E-state index is -0.261. The molecule has 5 N–H and O–H groups in total. The van der Waals surface area contributed by atoms with Crippen LogP contribution < -0.4 is 16.8 Å². The molecule has 0 aliphatic carbocycles. The normalized spacial score (nSPS) is 10.7. The van der Waals surface area contributed by atoms with E-state index in [-0.39, 0.29) is 17.3 Å². The molecule has 0 aliphatic rings. The van der Waals surface area contributed by atoms with E-state index >= 15 is 0 Å². The van der Waals surface area contributed by atoms with Gasteiger partial charge in [0.25, 0.3) is 5.91 Å². The molecule has 31 heavy (non-hydrogen) atoms. The summed E-state index contributed by atoms with van der Waals surface area (Å²) < 4.78 is 0. The van der Waals surface area contributed by atoms with Crippen LogP contribution in [0.25, 0.3) is 21.3 Å². The Kier molecular flexibility index (Phi) is 5.56. The molecule has 0 atom stereocenters. The predicted molar refractivity (Wildman–Crippen MR) is 126 cm³/mol. The number of hydrogen-bond donors (Lipinski definition) is 3. The summed E-state index contributed by atoms with van der Waals surface area (Å²) in [7, 11) is 0. The SMILES string of the molecule is Cc1ccc(-c2c(C#N)c(N)nc3sc(C(=O)NCCc4ccccc4)c(N)c23)cc1. The molecule has 2 aromatic heterocycles. The van der Waals surface area contributed by atoms with Crippen LogP contribution in [0.15, 0.2) is 54.6 Å². The van der Waals surface area contributed by atoms with Crippen LogP contribution in [0.1, 0.15) is 26.4 Å². The number of nitrogen functional groups attached to an aromatic ring is 2. The van der Waals surface area contributed by atoms with Gasteiger partial charge in [0.05, 0.1) is 5.69 Å². The molecule has 0 bridgehead atoms. The van der Waals surface area contributed by atoms with Crippen LogP contribution in [0, 0.1) is 18.3 Å². The number of rotatable bonds is 5. The zero-order chi connectivity index (χ0) is 22.0. The molecule has 6 nitrogen and oxygen atoms in total. The monoisotopic (exact) mass is 427 g/mol. The topological polar surface area (TPSA) is 118 Å². The molecule has 0 fully saturated rings. The Morgan fingerprint density at radius 2 is 1.84 bits per heavy atom. The standard InChI is InChI=1S/C24H21N5OS/c1-14-7-9-16(10-8-14)18-17(13-25)22(27)29-24-19(18)20(26)21(31-24)23(30)28-12-11-15-5-3-2-4-6-15/h2-10H,11-12,26H2,1H3,(H2,27,29)(H,28,30). The molecular formula is C24H21N5OS. The van der Waals surface area contributed by atoms with Crippen molar-refractivity contribution in [2.24, 2.45) is 0 Å². The lowest BCUT2D eigenvalue weighted by Gasteiger charge is -2.10. The van der Waals surface area contributed by atoms with Gasteiger partial charge in [-0.15, -0.1) is 11.3 Å². The Morgan fingerprint density at radius 3 is 2.52 bits per heavy atom. The number of carbonyl (C=O) groups is 1. The van der Waals surface area contributed by atoms with Gasteiger partial charge in [0.2, 0.25) is 0 Å². The van der Waals surface area contributed by atoms with Crippen LogP contribution in [0.3, 0.4) is 0 Å². The molecule has 7 heteroatoms. The Morgan fingerprint density at radius 1 is 1.13 bits per heavy atom. The molecule has 0 saturated carbocycles. The molecule has 154 valence electrons. The van der Waals surface area contributed by atoms with Crippen LogP contribution in [0.4, 0.5) is 11.5 Å². The number of hydrogen-bond acceptors (Lipinski definition) is 6. The van der Waals surface area contributed by atoms with E-state index < -0.39 is 0 Å². The number of benzene rings is 2. The molecule has 4 rings (SSSR count). The summed E-state index contributed by atoms with van der Waals surface area (Å²) in [6, 6.07) is 19.8. The fourth-order valence-electron chi connectivity index (χ4n) is 3.51. The second-order valence-corrected chi connectivity index (χ2v) is 8.24. The first-order chi connectivity index (χ1) is 15.0. The number of nitriles is 1. The molecule has 2 heterocycles. The van der Waals surface area contributed by atoms with E-state index in [0.29, 0.717) is 32.9 Å². The number of anilines is 2. The molecule has 1 amide bonds. The van der Waals surface area contributed by atoms with Crippen molar-refractivity contribution in [2.45, 2.75) is 13.3 Å². The van der Waals surface area contributed by atoms with Crippen molar-refractivity contribution >= 4 is 39.0 Å². The zero-order valence-corrected chi connectivity index (χ0v) is 17.8. The predicted octanol–water partition coefficient (Wildman–Crippen LogP) is 4.28. The van der Waals surface area contributed by atoms with Gasteiger partial charge in [0, 0.05) is 17.5 Å². The summed E-state index contributed by atoms with van der Waals surface area (Å²) in [4.78, 5) is 18.1. The van der Waals surface area contributed by atoms with Crippen molar-refractivity contribution < 1.29 is 4.79 Å². The number of carbonyl (C=O) groups excluding carboxylic acids is 1. The lowest BCUT2D eigenvalue weighted by molar-refractivity contribution is 0.0959. The first kappa shape index (κ1) is 20.4. The molecule has 2 aromatic carbocycles. The summed E-state index contributed by atoms with van der Waals surface area (Å²) >= 11 is 1.19. The Bertz CT molecular complexity index is 1300. The lowest BCUT2D eigenvalue weighted by Crippen LogP contribution is -2.25. The van der Waals surface area contributed by atoms with Gasteiger partial charge in [0.1, 0.15) is 27.2 Å². The van der Waals surface area contributed by atoms with E-state index in [9.17, 15) is 10.1 Å². The molecule has 4 aromatic rings. The highest BCUT2D eigenvalue weighted by Gasteiger charge is 2.24. The van der Waals surface area contributed by atoms with Crippen molar-refractivity contribution in [2.75, 3.05) is 18.0 Å². The third-order valence-corrected chi connectivity index (χ3v) is 6.20. The first-order valence-electron chi connectivity index (χ1n) is 9.80. The number of fused-ring (bicyclic) bond motifs is 1. The van der Waals surface area contributed by atoms with Crippen molar-refractivity contribution in [1.29, 1.82) is 5.26 Å². The largest absolute Gasteiger partial charge is 0.397 e. The highest BCUT2D eigenvalue weighted by atomic mass is 32.1. The van der Waals surface area contributed by atoms with E-state index in [2.05, 4.69) is 16.4 Å². The van der Waals surface area contributed by atoms with Crippen LogP contribution in [-0.2, 0) is 6.42 Å². The summed E-state index contributed by atoms with van der Waals surface area (Å²) in [6.45, 7) is 2.47. The average Bonchev–Trinajstić information content (AvgIpc) is 3.10. The fraction of sp³-hybridized carbons (Fsp3) is 0.125. The third-order valence-electron chi connectivity index (χ3n) is 5.11. The Hall–Kier alpha value is -3.89. The number of aryl methyl sites for hydroxylation is 1. The van der Waals surface area contributed by atoms with E-state index in [1.807, 2.05) is 61.5 Å². The van der Waals surface area contributed by atoms with Crippen LogP contribution >= 0.6 is 11.3 Å². The molecule has 0 radical (unpaired) electrons. The van der Waals surface area contributed by atoms with Crippen LogP contribution in [0.5, 0.6) is 0 Å². The Balaban J connectivity index is 1.72. The van der Waals surface area contributed by atoms with Crippen LogP contribution in [0.2, 0.25) is 0 Å². The summed E-state index contributed by atoms with van der Waals surface area (Å²) in [6.07, 6.45) is 0.718. The maximum Gasteiger partial charge on any atom is 0.263 e. The number of aromatic nitrogens is 1. The van der Waals surface area contributed by atoms with Gasteiger partial charge < -0.3 is 16.8 Å². The van der Waals surface area contributed by atoms with Gasteiger partial charge in [-0.05, 0) is 24.5 Å². The number of nitrogens with two attached hydrogens (primary N) is 2. The molecule has 0 unspecified atom stereocenters. The highest BCUT2D eigenvalue weighted by Crippen LogP contribution is 2.42. The average molecular weight is 428 g/mol. The third kappa shape index (κ3) is 3.93. The summed E-state index contributed by atoms with van der Waals surface area (Å²) in [5.74, 6) is -0.133. The lowest BCUT2D eigenvalue weighted by atomic mass is 9.96. The molecular weight excluding hydrogens is 406 g/mol. The van der Waals surface area contributed by atoms with E-state index in [1.165, 1.54) is 11.3 Å². The molecule has 0 saturated heterocycles. The molecule has 0 aliphatic heterocycles. The number of thiophene rings is 1. The maximum absolute atomic E-state index is 12.9. The van der Waals surface area contributed by atoms with Gasteiger partial charge >= 0.3 is 0 Å². The second kappa shape index (κ2) is 8.46. The number of pyridine rings is 1. The van der Waals surface area contributed by atoms with Gasteiger partial charge in [-0.25, -0.2) is 4.98 Å². The second-order valence-electron chi connectivity index (χ2n) is 7.24. The highest BCUT2D eigenvalue weighted by molar-refractivity contribution is 7.21. The van der Waals surface area contributed by atoms with Crippen molar-refractivity contribution in [3.63, 3.8) is 0 Å². The van der Waals surface area contributed by atoms with Gasteiger partial charge in [-0.2, -0.15) is 5.26 Å². The minimum absolute atomic E-state index is 0.128. The van der Waals surface area contributed by atoms with Gasteiger partial charge in [-0.1, -0.05) is 60.2 Å². The van der Waals surface area contributed by atoms with E-state index in [4.69, 9.17) is 11.5 Å². The van der Waals surface area contributed by atoms with Gasteiger partial charge in [0.15, 0.2) is 0 Å². The zero-order valence-electron chi connectivity index (χ0n) is 17.0. The Labute approximate surface area is 184 Å². The summed E-state index contributed by atoms with van der Waals surface area (Å²) in [5, 5.41) is 13.2. The van der Waals surface area contributed by atoms with Crippen molar-refractivity contribution in [1.82, 2.24) is 10.3 Å². The number of amides is 1.